The van der Waals surface area contributed by atoms with Gasteiger partial charge in [-0.2, -0.15) is 0 Å². The van der Waals surface area contributed by atoms with Crippen LogP contribution in [0.25, 0.3) is 0 Å². The Morgan fingerprint density at radius 3 is 1.67 bits per heavy atom. The van der Waals surface area contributed by atoms with E-state index in [2.05, 4.69) is 39.3 Å². The van der Waals surface area contributed by atoms with Gasteiger partial charge in [0.2, 0.25) is 5.95 Å². The smallest absolute Gasteiger partial charge is 0.226 e. The van der Waals surface area contributed by atoms with Crippen LogP contribution in [0.15, 0.2) is 79.1 Å². The Morgan fingerprint density at radius 2 is 1.19 bits per heavy atom. The molecule has 0 bridgehead atoms. The number of hydrogen-bond donors (Lipinski definition) is 1. The molecule has 0 aliphatic carbocycles. The second-order valence-corrected chi connectivity index (χ2v) is 8.58. The minimum absolute atomic E-state index is 0.563. The maximum Gasteiger partial charge on any atom is 0.226 e. The van der Waals surface area contributed by atoms with E-state index in [0.29, 0.717) is 5.95 Å². The third-order valence-corrected chi connectivity index (χ3v) is 7.17. The molecular weight excluding hydrogens is 297 g/mol. The third kappa shape index (κ3) is 3.02. The van der Waals surface area contributed by atoms with E-state index in [0.717, 1.165) is 10.6 Å². The normalized spacial score (nSPS) is 11.0. The van der Waals surface area contributed by atoms with Gasteiger partial charge in [0.1, 0.15) is 0 Å². The van der Waals surface area contributed by atoms with Crippen LogP contribution in [0, 0.1) is 0 Å². The van der Waals surface area contributed by atoms with Crippen LogP contribution in [0.3, 0.4) is 0 Å². The Morgan fingerprint density at radius 1 is 0.714 bits per heavy atom. The lowest BCUT2D eigenvalue weighted by Gasteiger charge is -2.24. The van der Waals surface area contributed by atoms with Crippen molar-refractivity contribution in [1.82, 2.24) is 9.97 Å². The molecule has 0 atom stereocenters. The van der Waals surface area contributed by atoms with E-state index in [1.807, 2.05) is 36.4 Å². The molecule has 1 heterocycles. The third-order valence-electron chi connectivity index (χ3n) is 3.06. The van der Waals surface area contributed by atoms with Gasteiger partial charge < -0.3 is 5.09 Å². The zero-order valence-electron chi connectivity index (χ0n) is 11.3. The summed E-state index contributed by atoms with van der Waals surface area (Å²) in [6.45, 7) is 0. The van der Waals surface area contributed by atoms with Crippen molar-refractivity contribution in [3.05, 3.63) is 79.1 Å². The molecule has 3 aromatic rings. The van der Waals surface area contributed by atoms with Crippen LogP contribution < -0.4 is 15.7 Å². The lowest BCUT2D eigenvalue weighted by Crippen LogP contribution is -2.22. The first-order chi connectivity index (χ1) is 10.3. The molecule has 0 saturated heterocycles. The van der Waals surface area contributed by atoms with Crippen LogP contribution in [0.1, 0.15) is 0 Å². The van der Waals surface area contributed by atoms with Crippen molar-refractivity contribution in [1.29, 1.82) is 0 Å². The number of nitrogens with zero attached hydrogens (tertiary/aromatic N) is 2. The van der Waals surface area contributed by atoms with Crippen LogP contribution in [0.2, 0.25) is 0 Å². The van der Waals surface area contributed by atoms with Gasteiger partial charge in [-0.05, 0) is 6.07 Å². The van der Waals surface area contributed by atoms with Gasteiger partial charge in [-0.1, -0.05) is 72.5 Å². The summed E-state index contributed by atoms with van der Waals surface area (Å²) in [7, 11) is 0. The molecule has 0 amide bonds. The quantitative estimate of drug-likeness (QED) is 0.752. The van der Waals surface area contributed by atoms with Crippen LogP contribution in [0.5, 0.6) is 0 Å². The number of benzene rings is 2. The SMILES string of the molecule is S=P(Nc1ncccn1)(c1ccccc1)c1ccccc1. The molecule has 104 valence electrons. The minimum Gasteiger partial charge on any atom is -0.319 e. The number of rotatable bonds is 4. The predicted octanol–water partition coefficient (Wildman–Crippen LogP) is 2.93. The summed E-state index contributed by atoms with van der Waals surface area (Å²) in [6.07, 6.45) is 1.24. The highest BCUT2D eigenvalue weighted by Crippen LogP contribution is 2.42. The Balaban J connectivity index is 2.10. The fraction of sp³-hybridized carbons (Fsp3) is 0. The Hall–Kier alpha value is -2.03. The van der Waals surface area contributed by atoms with Crippen molar-refractivity contribution in [2.24, 2.45) is 0 Å². The van der Waals surface area contributed by atoms with E-state index < -0.39 is 6.19 Å². The number of hydrogen-bond acceptors (Lipinski definition) is 3. The Labute approximate surface area is 129 Å². The highest BCUT2D eigenvalue weighted by atomic mass is 32.4. The maximum atomic E-state index is 6.04. The maximum absolute atomic E-state index is 6.04. The second kappa shape index (κ2) is 6.17. The van der Waals surface area contributed by atoms with Crippen molar-refractivity contribution in [3.8, 4) is 0 Å². The summed E-state index contributed by atoms with van der Waals surface area (Å²) in [5.74, 6) is 0.563. The zero-order valence-corrected chi connectivity index (χ0v) is 13.0. The average Bonchev–Trinajstić information content (AvgIpc) is 2.57. The lowest BCUT2D eigenvalue weighted by molar-refractivity contribution is 1.18. The van der Waals surface area contributed by atoms with Crippen molar-refractivity contribution in [3.63, 3.8) is 0 Å². The predicted molar refractivity (Wildman–Crippen MR) is 92.1 cm³/mol. The summed E-state index contributed by atoms with van der Waals surface area (Å²) < 4.78 is 0. The van der Waals surface area contributed by atoms with Gasteiger partial charge >= 0.3 is 0 Å². The van der Waals surface area contributed by atoms with Crippen molar-refractivity contribution in [2.45, 2.75) is 0 Å². The minimum atomic E-state index is -2.19. The standard InChI is InChI=1S/C16H14N3PS/c21-20(14-8-3-1-4-9-14,15-10-5-2-6-11-15)19-16-17-12-7-13-18-16/h1-13H,(H,17,18,19,21). The van der Waals surface area contributed by atoms with E-state index >= 15 is 0 Å². The Kier molecular flexibility index (Phi) is 4.09. The molecule has 0 aliphatic heterocycles. The second-order valence-electron chi connectivity index (χ2n) is 4.46. The number of anilines is 1. The molecule has 1 N–H and O–H groups in total. The summed E-state index contributed by atoms with van der Waals surface area (Å²) in [5.41, 5.74) is 0. The molecule has 2 aromatic carbocycles. The highest BCUT2D eigenvalue weighted by Gasteiger charge is 2.22. The molecule has 1 aromatic heterocycles. The highest BCUT2D eigenvalue weighted by molar-refractivity contribution is 8.22. The van der Waals surface area contributed by atoms with Gasteiger partial charge in [0.25, 0.3) is 0 Å². The fourth-order valence-electron chi connectivity index (χ4n) is 2.05. The van der Waals surface area contributed by atoms with Crippen molar-refractivity contribution >= 4 is 34.6 Å². The van der Waals surface area contributed by atoms with Gasteiger partial charge in [-0.25, -0.2) is 9.97 Å². The van der Waals surface area contributed by atoms with E-state index in [9.17, 15) is 0 Å². The number of aromatic nitrogens is 2. The van der Waals surface area contributed by atoms with E-state index in [4.69, 9.17) is 11.8 Å². The van der Waals surface area contributed by atoms with Crippen LogP contribution >= 0.6 is 6.19 Å². The Bertz CT molecular complexity index is 705. The average molecular weight is 311 g/mol. The molecule has 0 saturated carbocycles. The van der Waals surface area contributed by atoms with Crippen LogP contribution in [-0.4, -0.2) is 9.97 Å². The molecule has 21 heavy (non-hydrogen) atoms. The van der Waals surface area contributed by atoms with Gasteiger partial charge in [0.05, 0.1) is 6.19 Å². The van der Waals surface area contributed by atoms with Gasteiger partial charge in [0, 0.05) is 23.0 Å². The van der Waals surface area contributed by atoms with E-state index in [1.54, 1.807) is 18.5 Å². The van der Waals surface area contributed by atoms with Crippen LogP contribution in [-0.2, 0) is 11.8 Å². The number of nitrogens with one attached hydrogen (secondary N) is 1. The molecule has 3 rings (SSSR count). The largest absolute Gasteiger partial charge is 0.319 e. The van der Waals surface area contributed by atoms with E-state index in [-0.39, 0.29) is 0 Å². The first kappa shape index (κ1) is 13.9. The van der Waals surface area contributed by atoms with Crippen molar-refractivity contribution in [2.75, 3.05) is 5.09 Å². The summed E-state index contributed by atoms with van der Waals surface area (Å²) in [4.78, 5) is 8.51. The molecule has 0 aliphatic rings. The first-order valence-electron chi connectivity index (χ1n) is 6.56. The molecule has 0 spiro atoms. The van der Waals surface area contributed by atoms with Gasteiger partial charge in [-0.3, -0.25) is 0 Å². The molecule has 0 radical (unpaired) electrons. The molecule has 0 fully saturated rings. The fourth-order valence-corrected chi connectivity index (χ4v) is 5.16. The van der Waals surface area contributed by atoms with E-state index in [1.165, 1.54) is 0 Å². The molecule has 5 heteroatoms. The van der Waals surface area contributed by atoms with Gasteiger partial charge in [0.15, 0.2) is 0 Å². The summed E-state index contributed by atoms with van der Waals surface area (Å²) >= 11 is 6.04. The lowest BCUT2D eigenvalue weighted by atomic mass is 10.4. The zero-order chi connectivity index (χ0) is 14.5. The summed E-state index contributed by atoms with van der Waals surface area (Å²) in [5, 5.41) is 5.58. The molecule has 3 nitrogen and oxygen atoms in total. The van der Waals surface area contributed by atoms with Crippen molar-refractivity contribution < 1.29 is 0 Å². The topological polar surface area (TPSA) is 37.8 Å². The molecule has 0 unspecified atom stereocenters. The molecular formula is C16H14N3PS. The van der Waals surface area contributed by atoms with Crippen LogP contribution in [0.4, 0.5) is 5.95 Å². The monoisotopic (exact) mass is 311 g/mol. The van der Waals surface area contributed by atoms with Gasteiger partial charge in [-0.15, -0.1) is 0 Å². The first-order valence-corrected chi connectivity index (χ1v) is 9.36. The summed E-state index contributed by atoms with van der Waals surface area (Å²) in [6, 6.07) is 22.0.